The number of hydrogen-bond donors (Lipinski definition) is 2. The third-order valence-electron chi connectivity index (χ3n) is 3.65. The van der Waals surface area contributed by atoms with Crippen molar-refractivity contribution in [3.8, 4) is 0 Å². The van der Waals surface area contributed by atoms with Gasteiger partial charge in [-0.15, -0.1) is 0 Å². The molecule has 0 aromatic heterocycles. The van der Waals surface area contributed by atoms with Crippen molar-refractivity contribution in [3.63, 3.8) is 0 Å². The molecule has 0 aromatic rings. The predicted molar refractivity (Wildman–Crippen MR) is 67.7 cm³/mol. The molecule has 1 aliphatic heterocycles. The number of rotatable bonds is 5. The van der Waals surface area contributed by atoms with Gasteiger partial charge in [0.05, 0.1) is 0 Å². The first kappa shape index (κ1) is 13.3. The Hall–Kier alpha value is -0.170. The highest BCUT2D eigenvalue weighted by Gasteiger charge is 2.34. The zero-order chi connectivity index (χ0) is 12.3. The summed E-state index contributed by atoms with van der Waals surface area (Å²) in [6.07, 6.45) is 6.41. The summed E-state index contributed by atoms with van der Waals surface area (Å²) in [5, 5.41) is 0. The lowest BCUT2D eigenvalue weighted by Crippen LogP contribution is -2.49. The van der Waals surface area contributed by atoms with Gasteiger partial charge in [-0.3, -0.25) is 0 Å². The van der Waals surface area contributed by atoms with Crippen molar-refractivity contribution in [2.24, 2.45) is 11.7 Å². The minimum absolute atomic E-state index is 0.0664. The maximum atomic E-state index is 12.2. The largest absolute Gasteiger partial charge is 0.329 e. The minimum atomic E-state index is -3.32. The standard InChI is InChI=1S/C11H23N3O2S/c12-9-11(10-5-6-10)13-17(15,16)14-7-3-1-2-4-8-14/h10-11,13H,1-9,12H2. The Kier molecular flexibility index (Phi) is 4.41. The van der Waals surface area contributed by atoms with Crippen LogP contribution in [0, 0.1) is 5.92 Å². The zero-order valence-corrected chi connectivity index (χ0v) is 11.1. The molecule has 0 spiro atoms. The van der Waals surface area contributed by atoms with E-state index in [1.807, 2.05) is 0 Å². The molecule has 1 saturated heterocycles. The quantitative estimate of drug-likeness (QED) is 0.754. The Morgan fingerprint density at radius 1 is 1.18 bits per heavy atom. The van der Waals surface area contributed by atoms with E-state index in [4.69, 9.17) is 5.73 Å². The van der Waals surface area contributed by atoms with Crippen LogP contribution in [0.1, 0.15) is 38.5 Å². The van der Waals surface area contributed by atoms with Crippen LogP contribution in [0.5, 0.6) is 0 Å². The summed E-state index contributed by atoms with van der Waals surface area (Å²) in [7, 11) is -3.32. The first-order valence-corrected chi connectivity index (χ1v) is 8.05. The molecule has 1 heterocycles. The fourth-order valence-corrected chi connectivity index (χ4v) is 3.94. The molecule has 3 N–H and O–H groups in total. The molecule has 1 saturated carbocycles. The molecule has 0 amide bonds. The van der Waals surface area contributed by atoms with Crippen LogP contribution in [-0.4, -0.2) is 38.4 Å². The summed E-state index contributed by atoms with van der Waals surface area (Å²) in [6, 6.07) is -0.0664. The SMILES string of the molecule is NCC(NS(=O)(=O)N1CCCCCC1)C1CC1. The molecule has 0 bridgehead atoms. The summed E-state index contributed by atoms with van der Waals surface area (Å²) in [5.41, 5.74) is 5.64. The van der Waals surface area contributed by atoms with E-state index in [9.17, 15) is 8.42 Å². The molecule has 1 unspecified atom stereocenters. The molecule has 17 heavy (non-hydrogen) atoms. The lowest BCUT2D eigenvalue weighted by Gasteiger charge is -2.24. The van der Waals surface area contributed by atoms with E-state index < -0.39 is 10.2 Å². The highest BCUT2D eigenvalue weighted by Crippen LogP contribution is 2.32. The van der Waals surface area contributed by atoms with Crippen LogP contribution in [-0.2, 0) is 10.2 Å². The van der Waals surface area contributed by atoms with Crippen molar-refractivity contribution in [2.75, 3.05) is 19.6 Å². The van der Waals surface area contributed by atoms with Gasteiger partial charge in [-0.05, 0) is 31.6 Å². The van der Waals surface area contributed by atoms with Crippen LogP contribution in [0.3, 0.4) is 0 Å². The summed E-state index contributed by atoms with van der Waals surface area (Å²) in [4.78, 5) is 0. The molecule has 2 fully saturated rings. The molecule has 2 rings (SSSR count). The fraction of sp³-hybridized carbons (Fsp3) is 1.00. The number of nitrogens with two attached hydrogens (primary N) is 1. The van der Waals surface area contributed by atoms with E-state index in [0.29, 0.717) is 25.6 Å². The zero-order valence-electron chi connectivity index (χ0n) is 10.3. The highest BCUT2D eigenvalue weighted by molar-refractivity contribution is 7.87. The average molecular weight is 261 g/mol. The first-order chi connectivity index (χ1) is 8.13. The lowest BCUT2D eigenvalue weighted by molar-refractivity contribution is 0.402. The van der Waals surface area contributed by atoms with E-state index >= 15 is 0 Å². The van der Waals surface area contributed by atoms with Crippen molar-refractivity contribution in [1.29, 1.82) is 0 Å². The second-order valence-electron chi connectivity index (χ2n) is 5.12. The molecule has 1 atom stereocenters. The predicted octanol–water partition coefficient (Wildman–Crippen LogP) is 0.434. The Morgan fingerprint density at radius 3 is 2.24 bits per heavy atom. The molecular formula is C11H23N3O2S. The van der Waals surface area contributed by atoms with Crippen LogP contribution in [0.4, 0.5) is 0 Å². The molecule has 1 aliphatic carbocycles. The summed E-state index contributed by atoms with van der Waals surface area (Å²) in [6.45, 7) is 1.70. The van der Waals surface area contributed by atoms with E-state index in [-0.39, 0.29) is 6.04 Å². The minimum Gasteiger partial charge on any atom is -0.329 e. The molecule has 100 valence electrons. The van der Waals surface area contributed by atoms with Gasteiger partial charge in [0.25, 0.3) is 10.2 Å². The second kappa shape index (κ2) is 5.65. The van der Waals surface area contributed by atoms with Crippen LogP contribution >= 0.6 is 0 Å². The van der Waals surface area contributed by atoms with E-state index in [2.05, 4.69) is 4.72 Å². The van der Waals surface area contributed by atoms with Gasteiger partial charge in [-0.25, -0.2) is 0 Å². The summed E-state index contributed by atoms with van der Waals surface area (Å²) >= 11 is 0. The van der Waals surface area contributed by atoms with Gasteiger partial charge in [0.15, 0.2) is 0 Å². The maximum Gasteiger partial charge on any atom is 0.279 e. The Bertz CT molecular complexity index is 333. The third-order valence-corrected chi connectivity index (χ3v) is 5.30. The highest BCUT2D eigenvalue weighted by atomic mass is 32.2. The van der Waals surface area contributed by atoms with Crippen molar-refractivity contribution < 1.29 is 8.42 Å². The van der Waals surface area contributed by atoms with Crippen LogP contribution in [0.15, 0.2) is 0 Å². The van der Waals surface area contributed by atoms with E-state index in [1.165, 1.54) is 0 Å². The molecule has 5 nitrogen and oxygen atoms in total. The average Bonchev–Trinajstić information content (AvgIpc) is 3.11. The molecule has 6 heteroatoms. The third kappa shape index (κ3) is 3.64. The van der Waals surface area contributed by atoms with Gasteiger partial charge in [-0.1, -0.05) is 12.8 Å². The van der Waals surface area contributed by atoms with Crippen molar-refractivity contribution in [3.05, 3.63) is 0 Å². The van der Waals surface area contributed by atoms with Gasteiger partial charge >= 0.3 is 0 Å². The van der Waals surface area contributed by atoms with Crippen LogP contribution in [0.2, 0.25) is 0 Å². The van der Waals surface area contributed by atoms with Gasteiger partial charge < -0.3 is 5.73 Å². The van der Waals surface area contributed by atoms with Crippen molar-refractivity contribution in [1.82, 2.24) is 9.03 Å². The van der Waals surface area contributed by atoms with Crippen molar-refractivity contribution in [2.45, 2.75) is 44.6 Å². The number of hydrogen-bond acceptors (Lipinski definition) is 3. The molecular weight excluding hydrogens is 238 g/mol. The van der Waals surface area contributed by atoms with Gasteiger partial charge in [0, 0.05) is 25.7 Å². The Labute approximate surface area is 104 Å². The Balaban J connectivity index is 1.95. The van der Waals surface area contributed by atoms with E-state index in [1.54, 1.807) is 4.31 Å². The molecule has 0 aromatic carbocycles. The van der Waals surface area contributed by atoms with Crippen LogP contribution in [0.25, 0.3) is 0 Å². The number of nitrogens with one attached hydrogen (secondary N) is 1. The van der Waals surface area contributed by atoms with Gasteiger partial charge in [0.1, 0.15) is 0 Å². The monoisotopic (exact) mass is 261 g/mol. The van der Waals surface area contributed by atoms with Gasteiger partial charge in [0.2, 0.25) is 0 Å². The number of nitrogens with zero attached hydrogens (tertiary/aromatic N) is 1. The van der Waals surface area contributed by atoms with Gasteiger partial charge in [-0.2, -0.15) is 17.4 Å². The van der Waals surface area contributed by atoms with Crippen LogP contribution < -0.4 is 10.5 Å². The first-order valence-electron chi connectivity index (χ1n) is 6.61. The lowest BCUT2D eigenvalue weighted by atomic mass is 10.2. The summed E-state index contributed by atoms with van der Waals surface area (Å²) < 4.78 is 28.8. The Morgan fingerprint density at radius 2 is 1.76 bits per heavy atom. The smallest absolute Gasteiger partial charge is 0.279 e. The topological polar surface area (TPSA) is 75.4 Å². The maximum absolute atomic E-state index is 12.2. The van der Waals surface area contributed by atoms with E-state index in [0.717, 1.165) is 38.5 Å². The summed E-state index contributed by atoms with van der Waals surface area (Å²) in [5.74, 6) is 0.460. The molecule has 0 radical (unpaired) electrons. The fourth-order valence-electron chi connectivity index (χ4n) is 2.38. The van der Waals surface area contributed by atoms with Crippen molar-refractivity contribution >= 4 is 10.2 Å². The molecule has 2 aliphatic rings. The normalized spacial score (nSPS) is 25.5. The second-order valence-corrected chi connectivity index (χ2v) is 6.82.